The van der Waals surface area contributed by atoms with Crippen LogP contribution in [0.4, 0.5) is 17.1 Å². The molecule has 0 aromatic heterocycles. The first-order valence-electron chi connectivity index (χ1n) is 27.2. The Balaban J connectivity index is 0.947. The maximum Gasteiger partial charge on any atom is 0.0736 e. The van der Waals surface area contributed by atoms with Crippen molar-refractivity contribution >= 4 is 40.6 Å². The second-order valence-corrected chi connectivity index (χ2v) is 23.8. The SMILES string of the molecule is c1ccc2c(c1)Sc1ccccc1C21c2ccccc2-c2cc(N(c3ccc4c(c3)C3(c5ccccc5-c5ccccc53)c3ccccc3-4)c3cccc4c3-c3ccccc3C43c4ccccc4Sc4ccccc43)ccc21. The Morgan fingerprint density at radius 3 is 1.03 bits per heavy atom. The van der Waals surface area contributed by atoms with E-state index in [2.05, 4.69) is 278 Å². The lowest BCUT2D eigenvalue weighted by molar-refractivity contribution is 0.722. The summed E-state index contributed by atoms with van der Waals surface area (Å²) in [4.78, 5) is 7.85. The van der Waals surface area contributed by atoms with Gasteiger partial charge in [0, 0.05) is 36.5 Å². The lowest BCUT2D eigenvalue weighted by Crippen LogP contribution is -2.32. The average molecular weight is 1020 g/mol. The van der Waals surface area contributed by atoms with Crippen LogP contribution in [0.2, 0.25) is 0 Å². The van der Waals surface area contributed by atoms with E-state index in [1.807, 2.05) is 23.5 Å². The molecular weight excluding hydrogens is 979 g/mol. The lowest BCUT2D eigenvalue weighted by atomic mass is 9.67. The van der Waals surface area contributed by atoms with E-state index < -0.39 is 16.2 Å². The van der Waals surface area contributed by atoms with Crippen LogP contribution in [0.15, 0.2) is 293 Å². The minimum Gasteiger partial charge on any atom is -0.310 e. The summed E-state index contributed by atoms with van der Waals surface area (Å²) in [6.07, 6.45) is 0. The Labute approximate surface area is 462 Å². The van der Waals surface area contributed by atoms with Crippen molar-refractivity contribution in [1.29, 1.82) is 0 Å². The predicted molar refractivity (Wildman–Crippen MR) is 320 cm³/mol. The summed E-state index contributed by atoms with van der Waals surface area (Å²) in [5.41, 5.74) is 28.2. The zero-order valence-electron chi connectivity index (χ0n) is 42.2. The molecule has 0 saturated heterocycles. The van der Waals surface area contributed by atoms with Gasteiger partial charge in [-0.15, -0.1) is 0 Å². The molecule has 362 valence electrons. The van der Waals surface area contributed by atoms with Gasteiger partial charge in [0.2, 0.25) is 0 Å². The molecule has 2 heterocycles. The molecule has 3 spiro atoms. The highest BCUT2D eigenvalue weighted by molar-refractivity contribution is 7.99. The highest BCUT2D eigenvalue weighted by Gasteiger charge is 2.55. The molecule has 0 fully saturated rings. The maximum atomic E-state index is 2.63. The lowest BCUT2D eigenvalue weighted by Gasteiger charge is -2.40. The predicted octanol–water partition coefficient (Wildman–Crippen LogP) is 19.2. The van der Waals surface area contributed by atoms with Gasteiger partial charge in [-0.05, 0) is 160 Å². The number of fused-ring (bicyclic) bond motifs is 28. The van der Waals surface area contributed by atoms with E-state index in [9.17, 15) is 0 Å². The topological polar surface area (TPSA) is 3.24 Å². The fourth-order valence-corrected chi connectivity index (χ4v) is 18.1. The minimum atomic E-state index is -0.532. The summed E-state index contributed by atoms with van der Waals surface area (Å²) in [5, 5.41) is 0. The van der Waals surface area contributed by atoms with Crippen molar-refractivity contribution in [3.05, 3.63) is 340 Å². The van der Waals surface area contributed by atoms with Gasteiger partial charge < -0.3 is 4.90 Å². The van der Waals surface area contributed by atoms with Gasteiger partial charge in [0.15, 0.2) is 0 Å². The molecule has 0 saturated carbocycles. The zero-order chi connectivity index (χ0) is 50.9. The number of rotatable bonds is 3. The molecule has 12 aromatic rings. The summed E-state index contributed by atoms with van der Waals surface area (Å²) >= 11 is 3.79. The Morgan fingerprint density at radius 2 is 0.538 bits per heavy atom. The second-order valence-electron chi connectivity index (χ2n) is 21.7. The number of benzene rings is 12. The van der Waals surface area contributed by atoms with Crippen molar-refractivity contribution in [2.75, 3.05) is 4.90 Å². The van der Waals surface area contributed by atoms with E-state index in [-0.39, 0.29) is 0 Å². The van der Waals surface area contributed by atoms with Gasteiger partial charge in [0.05, 0.1) is 21.9 Å². The number of hydrogen-bond acceptors (Lipinski definition) is 3. The Hall–Kier alpha value is -8.86. The van der Waals surface area contributed by atoms with E-state index in [0.717, 1.165) is 17.1 Å². The van der Waals surface area contributed by atoms with Crippen LogP contribution in [0.5, 0.6) is 0 Å². The number of anilines is 3. The van der Waals surface area contributed by atoms with Crippen LogP contribution in [0.3, 0.4) is 0 Å². The van der Waals surface area contributed by atoms with Crippen LogP contribution >= 0.6 is 23.5 Å². The van der Waals surface area contributed by atoms with Crippen LogP contribution in [0.25, 0.3) is 44.5 Å². The minimum absolute atomic E-state index is 0.484. The molecule has 0 radical (unpaired) electrons. The monoisotopic (exact) mass is 1020 g/mol. The van der Waals surface area contributed by atoms with Crippen molar-refractivity contribution in [3.63, 3.8) is 0 Å². The highest BCUT2D eigenvalue weighted by Crippen LogP contribution is 2.68. The van der Waals surface area contributed by atoms with Crippen molar-refractivity contribution in [2.24, 2.45) is 0 Å². The van der Waals surface area contributed by atoms with Gasteiger partial charge in [-0.2, -0.15) is 0 Å². The van der Waals surface area contributed by atoms with Crippen LogP contribution < -0.4 is 4.90 Å². The molecule has 0 bridgehead atoms. The molecule has 12 aromatic carbocycles. The van der Waals surface area contributed by atoms with Gasteiger partial charge in [0.25, 0.3) is 0 Å². The summed E-state index contributed by atoms with van der Waals surface area (Å²) in [6, 6.07) is 105. The fourth-order valence-electron chi connectivity index (χ4n) is 15.7. The molecule has 2 aliphatic heterocycles. The zero-order valence-corrected chi connectivity index (χ0v) is 43.9. The number of nitrogens with zero attached hydrogens (tertiary/aromatic N) is 1. The van der Waals surface area contributed by atoms with Gasteiger partial charge in [0.1, 0.15) is 0 Å². The standard InChI is InChI=1S/C75H45NS2/c1-6-25-55-48(20-1)49-21-2-7-26-56(49)73(55)57-27-8-3-22-50(57)52-42-40-47(45-66(52)73)76(46-41-43-60-54(44-46)51-23-4-9-28-58(51)74(60)61-30-11-15-36-68(61)77-69-37-16-12-31-62(69)74)67-35-19-34-65-72(67)53-24-5-10-29-59(53)75(65)63-32-13-17-38-70(63)78-71-39-18-14-33-64(71)75/h1-45H. The maximum absolute atomic E-state index is 2.63. The van der Waals surface area contributed by atoms with E-state index >= 15 is 0 Å². The van der Waals surface area contributed by atoms with E-state index in [0.29, 0.717) is 0 Å². The third-order valence-electron chi connectivity index (χ3n) is 18.4. The third kappa shape index (κ3) is 5.18. The van der Waals surface area contributed by atoms with Gasteiger partial charge in [-0.3, -0.25) is 0 Å². The Bertz CT molecular complexity index is 4460. The van der Waals surface area contributed by atoms with Crippen LogP contribution in [-0.4, -0.2) is 0 Å². The van der Waals surface area contributed by atoms with E-state index in [1.165, 1.54) is 131 Å². The Morgan fingerprint density at radius 1 is 0.218 bits per heavy atom. The average Bonchev–Trinajstić information content (AvgIpc) is 4.38. The van der Waals surface area contributed by atoms with Crippen molar-refractivity contribution in [1.82, 2.24) is 0 Å². The molecule has 6 aliphatic rings. The molecular formula is C75H45NS2. The molecule has 18 rings (SSSR count). The molecule has 1 nitrogen and oxygen atoms in total. The Kier molecular flexibility index (Phi) is 8.68. The van der Waals surface area contributed by atoms with Gasteiger partial charge >= 0.3 is 0 Å². The fraction of sp³-hybridized carbons (Fsp3) is 0.0400. The third-order valence-corrected chi connectivity index (χ3v) is 20.7. The second kappa shape index (κ2) is 15.6. The first kappa shape index (κ1) is 43.3. The number of hydrogen-bond donors (Lipinski definition) is 0. The van der Waals surface area contributed by atoms with Gasteiger partial charge in [-0.25, -0.2) is 0 Å². The van der Waals surface area contributed by atoms with Crippen molar-refractivity contribution < 1.29 is 0 Å². The molecule has 0 N–H and O–H groups in total. The normalized spacial score (nSPS) is 15.4. The highest BCUT2D eigenvalue weighted by atomic mass is 32.2. The molecule has 0 atom stereocenters. The first-order chi connectivity index (χ1) is 38.7. The summed E-state index contributed by atoms with van der Waals surface area (Å²) < 4.78 is 0. The first-order valence-corrected chi connectivity index (χ1v) is 28.8. The van der Waals surface area contributed by atoms with E-state index in [4.69, 9.17) is 0 Å². The summed E-state index contributed by atoms with van der Waals surface area (Å²) in [6.45, 7) is 0. The molecule has 0 unspecified atom stereocenters. The quantitative estimate of drug-likeness (QED) is 0.174. The largest absolute Gasteiger partial charge is 0.310 e. The molecule has 3 heteroatoms. The van der Waals surface area contributed by atoms with E-state index in [1.54, 1.807) is 0 Å². The van der Waals surface area contributed by atoms with Crippen molar-refractivity contribution in [2.45, 2.75) is 35.8 Å². The van der Waals surface area contributed by atoms with Crippen LogP contribution in [-0.2, 0) is 16.2 Å². The van der Waals surface area contributed by atoms with Crippen molar-refractivity contribution in [3.8, 4) is 44.5 Å². The van der Waals surface area contributed by atoms with Crippen LogP contribution in [0.1, 0.15) is 66.8 Å². The molecule has 4 aliphatic carbocycles. The molecule has 78 heavy (non-hydrogen) atoms. The molecule has 0 amide bonds. The van der Waals surface area contributed by atoms with Crippen LogP contribution in [0, 0.1) is 0 Å². The summed E-state index contributed by atoms with van der Waals surface area (Å²) in [5.74, 6) is 0. The van der Waals surface area contributed by atoms with Gasteiger partial charge in [-0.1, -0.05) is 242 Å². The smallest absolute Gasteiger partial charge is 0.0736 e. The summed E-state index contributed by atoms with van der Waals surface area (Å²) in [7, 11) is 0.